The second-order valence-electron chi connectivity index (χ2n) is 6.25. The number of para-hydroxylation sites is 1. The van der Waals surface area contributed by atoms with Gasteiger partial charge in [0.1, 0.15) is 6.17 Å². The summed E-state index contributed by atoms with van der Waals surface area (Å²) in [5, 5.41) is 3.07. The van der Waals surface area contributed by atoms with Gasteiger partial charge in [0.25, 0.3) is 0 Å². The molecule has 0 radical (unpaired) electrons. The number of carbonyl (C=O) groups excluding carboxylic acids is 1. The molecule has 2 aromatic carbocycles. The van der Waals surface area contributed by atoms with Crippen LogP contribution in [0.2, 0.25) is 0 Å². The first-order valence-electron chi connectivity index (χ1n) is 8.29. The lowest BCUT2D eigenvalue weighted by Crippen LogP contribution is -2.33. The minimum absolute atomic E-state index is 0.0584. The third kappa shape index (κ3) is 3.05. The van der Waals surface area contributed by atoms with Crippen LogP contribution >= 0.6 is 0 Å². The van der Waals surface area contributed by atoms with Crippen molar-refractivity contribution >= 4 is 11.6 Å². The molecule has 5 N–H and O–H groups in total. The van der Waals surface area contributed by atoms with E-state index in [9.17, 15) is 4.79 Å². The first-order valence-corrected chi connectivity index (χ1v) is 8.29. The molecule has 1 amide bonds. The fourth-order valence-electron chi connectivity index (χ4n) is 3.55. The SMILES string of the molecule is O=C(CC1CCc2ccccc21)Nc1ccccc1C1NNNN1. The van der Waals surface area contributed by atoms with Gasteiger partial charge in [0.05, 0.1) is 0 Å². The number of aryl methyl sites for hydroxylation is 1. The van der Waals surface area contributed by atoms with E-state index in [0.29, 0.717) is 12.3 Å². The summed E-state index contributed by atoms with van der Waals surface area (Å²) in [7, 11) is 0. The van der Waals surface area contributed by atoms with Crippen molar-refractivity contribution in [3.63, 3.8) is 0 Å². The van der Waals surface area contributed by atoms with Gasteiger partial charge in [0, 0.05) is 17.7 Å². The van der Waals surface area contributed by atoms with E-state index in [-0.39, 0.29) is 12.1 Å². The first-order chi connectivity index (χ1) is 11.8. The normalized spacial score (nSPS) is 20.1. The third-order valence-corrected chi connectivity index (χ3v) is 4.73. The second kappa shape index (κ2) is 6.70. The van der Waals surface area contributed by atoms with E-state index in [4.69, 9.17) is 0 Å². The molecule has 2 aromatic rings. The van der Waals surface area contributed by atoms with Crippen molar-refractivity contribution in [3.8, 4) is 0 Å². The summed E-state index contributed by atoms with van der Waals surface area (Å²) in [6, 6.07) is 16.2. The van der Waals surface area contributed by atoms with Crippen molar-refractivity contribution in [2.24, 2.45) is 0 Å². The van der Waals surface area contributed by atoms with Crippen molar-refractivity contribution < 1.29 is 4.79 Å². The van der Waals surface area contributed by atoms with Crippen LogP contribution in [0.4, 0.5) is 5.69 Å². The summed E-state index contributed by atoms with van der Waals surface area (Å²) in [6.07, 6.45) is 2.54. The Morgan fingerprint density at radius 3 is 2.54 bits per heavy atom. The predicted molar refractivity (Wildman–Crippen MR) is 92.5 cm³/mol. The van der Waals surface area contributed by atoms with Crippen molar-refractivity contribution in [3.05, 3.63) is 65.2 Å². The maximum absolute atomic E-state index is 12.6. The Balaban J connectivity index is 1.46. The molecule has 1 fully saturated rings. The van der Waals surface area contributed by atoms with E-state index in [0.717, 1.165) is 24.1 Å². The van der Waals surface area contributed by atoms with E-state index in [2.05, 4.69) is 51.5 Å². The Morgan fingerprint density at radius 2 is 1.71 bits per heavy atom. The molecule has 4 rings (SSSR count). The van der Waals surface area contributed by atoms with Gasteiger partial charge in [0.2, 0.25) is 5.91 Å². The summed E-state index contributed by atoms with van der Waals surface area (Å²) in [5.41, 5.74) is 16.2. The Hall–Kier alpha value is -2.25. The molecule has 1 aliphatic heterocycles. The van der Waals surface area contributed by atoms with Crippen LogP contribution in [-0.2, 0) is 11.2 Å². The molecule has 124 valence electrons. The first kappa shape index (κ1) is 15.3. The fraction of sp³-hybridized carbons (Fsp3) is 0.278. The number of nitrogens with one attached hydrogen (secondary N) is 5. The number of hydrazine groups is 3. The van der Waals surface area contributed by atoms with E-state index in [1.807, 2.05) is 24.3 Å². The number of benzene rings is 2. The van der Waals surface area contributed by atoms with Gasteiger partial charge in [0.15, 0.2) is 0 Å². The van der Waals surface area contributed by atoms with Gasteiger partial charge in [-0.3, -0.25) is 4.79 Å². The minimum Gasteiger partial charge on any atom is -0.326 e. The van der Waals surface area contributed by atoms with E-state index in [1.54, 1.807) is 0 Å². The van der Waals surface area contributed by atoms with E-state index in [1.165, 1.54) is 11.1 Å². The molecule has 0 bridgehead atoms. The van der Waals surface area contributed by atoms with Gasteiger partial charge in [-0.05, 0) is 36.0 Å². The minimum atomic E-state index is -0.103. The topological polar surface area (TPSA) is 77.2 Å². The van der Waals surface area contributed by atoms with Crippen molar-refractivity contribution in [1.82, 2.24) is 21.9 Å². The lowest BCUT2D eigenvalue weighted by Gasteiger charge is -2.17. The number of hydrogen-bond acceptors (Lipinski definition) is 5. The highest BCUT2D eigenvalue weighted by atomic mass is 16.1. The Kier molecular flexibility index (Phi) is 4.27. The number of amides is 1. The highest BCUT2D eigenvalue weighted by Gasteiger charge is 2.25. The van der Waals surface area contributed by atoms with Gasteiger partial charge in [-0.1, -0.05) is 42.5 Å². The quantitative estimate of drug-likeness (QED) is 0.594. The summed E-state index contributed by atoms with van der Waals surface area (Å²) >= 11 is 0. The molecule has 6 heteroatoms. The standard InChI is InChI=1S/C18H21N5O/c24-17(11-13-10-9-12-5-1-2-6-14(12)13)19-16-8-4-3-7-15(16)18-20-22-23-21-18/h1-8,13,18,20-23H,9-11H2,(H,19,24). The third-order valence-electron chi connectivity index (χ3n) is 4.73. The average Bonchev–Trinajstić information content (AvgIpc) is 3.26. The molecule has 2 aliphatic rings. The molecule has 6 nitrogen and oxygen atoms in total. The zero-order valence-electron chi connectivity index (χ0n) is 13.3. The van der Waals surface area contributed by atoms with Crippen molar-refractivity contribution in [1.29, 1.82) is 0 Å². The fourth-order valence-corrected chi connectivity index (χ4v) is 3.55. The van der Waals surface area contributed by atoms with Gasteiger partial charge in [-0.15, -0.1) is 0 Å². The van der Waals surface area contributed by atoms with Crippen LogP contribution in [0.3, 0.4) is 0 Å². The van der Waals surface area contributed by atoms with Gasteiger partial charge >= 0.3 is 0 Å². The molecular weight excluding hydrogens is 302 g/mol. The van der Waals surface area contributed by atoms with Crippen molar-refractivity contribution in [2.45, 2.75) is 31.3 Å². The maximum Gasteiger partial charge on any atom is 0.224 e. The smallest absolute Gasteiger partial charge is 0.224 e. The Bertz CT molecular complexity index is 742. The monoisotopic (exact) mass is 323 g/mol. The van der Waals surface area contributed by atoms with Crippen LogP contribution < -0.4 is 27.2 Å². The number of fused-ring (bicyclic) bond motifs is 1. The zero-order valence-corrected chi connectivity index (χ0v) is 13.3. The molecule has 1 heterocycles. The maximum atomic E-state index is 12.6. The highest BCUT2D eigenvalue weighted by molar-refractivity contribution is 5.92. The second-order valence-corrected chi connectivity index (χ2v) is 6.25. The van der Waals surface area contributed by atoms with Crippen molar-refractivity contribution in [2.75, 3.05) is 5.32 Å². The highest BCUT2D eigenvalue weighted by Crippen LogP contribution is 2.35. The van der Waals surface area contributed by atoms with Crippen LogP contribution in [-0.4, -0.2) is 5.91 Å². The van der Waals surface area contributed by atoms with Crippen LogP contribution in [0.1, 0.15) is 41.6 Å². The van der Waals surface area contributed by atoms with Crippen LogP contribution in [0.25, 0.3) is 0 Å². The molecule has 0 saturated carbocycles. The molecule has 1 atom stereocenters. The summed E-state index contributed by atoms with van der Waals surface area (Å²) < 4.78 is 0. The zero-order chi connectivity index (χ0) is 16.4. The molecule has 24 heavy (non-hydrogen) atoms. The van der Waals surface area contributed by atoms with Gasteiger partial charge in [-0.2, -0.15) is 11.1 Å². The lowest BCUT2D eigenvalue weighted by atomic mass is 9.97. The molecule has 1 aliphatic carbocycles. The average molecular weight is 323 g/mol. The van der Waals surface area contributed by atoms with Gasteiger partial charge in [-0.25, -0.2) is 10.9 Å². The number of rotatable bonds is 4. The lowest BCUT2D eigenvalue weighted by molar-refractivity contribution is -0.116. The molecule has 0 spiro atoms. The molecule has 0 aromatic heterocycles. The molecule has 1 unspecified atom stereocenters. The molecule has 1 saturated heterocycles. The Labute approximate surface area is 140 Å². The Morgan fingerprint density at radius 1 is 1.00 bits per heavy atom. The van der Waals surface area contributed by atoms with E-state index >= 15 is 0 Å². The van der Waals surface area contributed by atoms with Crippen LogP contribution in [0.5, 0.6) is 0 Å². The predicted octanol–water partition coefficient (Wildman–Crippen LogP) is 1.86. The van der Waals surface area contributed by atoms with Crippen LogP contribution in [0.15, 0.2) is 48.5 Å². The van der Waals surface area contributed by atoms with Crippen LogP contribution in [0, 0.1) is 0 Å². The largest absolute Gasteiger partial charge is 0.326 e. The summed E-state index contributed by atoms with van der Waals surface area (Å²) in [5.74, 6) is 0.377. The summed E-state index contributed by atoms with van der Waals surface area (Å²) in [6.45, 7) is 0. The van der Waals surface area contributed by atoms with E-state index < -0.39 is 0 Å². The number of carbonyl (C=O) groups is 1. The number of hydrogen-bond donors (Lipinski definition) is 5. The van der Waals surface area contributed by atoms with Gasteiger partial charge < -0.3 is 5.32 Å². The molecular formula is C18H21N5O. The number of anilines is 1. The summed E-state index contributed by atoms with van der Waals surface area (Å²) in [4.78, 5) is 12.6.